The number of aryl methyl sites for hydroxylation is 2. The van der Waals surface area contributed by atoms with Gasteiger partial charge in [0.05, 0.1) is 23.3 Å². The van der Waals surface area contributed by atoms with Crippen LogP contribution in [0.5, 0.6) is 5.75 Å². The number of carbonyl (C=O) groups excluding carboxylic acids is 1. The molecule has 0 aliphatic carbocycles. The number of rotatable bonds is 8. The van der Waals surface area contributed by atoms with Crippen molar-refractivity contribution in [2.24, 2.45) is 0 Å². The Hall–Kier alpha value is -2.54. The molecule has 2 rings (SSSR count). The van der Waals surface area contributed by atoms with Crippen molar-refractivity contribution in [3.8, 4) is 5.75 Å². The number of methoxy groups -OCH3 is 1. The Labute approximate surface area is 161 Å². The standard InChI is InChI=1S/C20H26N2O4S/c1-5-6-11-21-20(23)16-9-7-8-10-17(16)22-27(24,25)19-13-14(2)18(26-4)12-15(19)3/h7-10,12-13,22H,5-6,11H2,1-4H3,(H,21,23). The summed E-state index contributed by atoms with van der Waals surface area (Å²) in [5.74, 6) is 0.325. The van der Waals surface area contributed by atoms with E-state index in [-0.39, 0.29) is 16.5 Å². The summed E-state index contributed by atoms with van der Waals surface area (Å²) in [5.41, 5.74) is 1.82. The van der Waals surface area contributed by atoms with Gasteiger partial charge in [0.2, 0.25) is 0 Å². The summed E-state index contributed by atoms with van der Waals surface area (Å²) < 4.78 is 33.6. The van der Waals surface area contributed by atoms with Crippen LogP contribution in [-0.2, 0) is 10.0 Å². The Bertz CT molecular complexity index is 924. The fourth-order valence-electron chi connectivity index (χ4n) is 2.72. The summed E-state index contributed by atoms with van der Waals surface area (Å²) in [6.07, 6.45) is 1.83. The molecule has 0 spiro atoms. The van der Waals surface area contributed by atoms with E-state index in [0.717, 1.165) is 12.8 Å². The molecular formula is C20H26N2O4S. The Morgan fingerprint density at radius 2 is 1.81 bits per heavy atom. The van der Waals surface area contributed by atoms with Crippen LogP contribution in [0.15, 0.2) is 41.3 Å². The molecule has 2 aromatic rings. The molecule has 27 heavy (non-hydrogen) atoms. The molecule has 0 fully saturated rings. The van der Waals surface area contributed by atoms with Gasteiger partial charge in [-0.1, -0.05) is 25.5 Å². The first-order valence-corrected chi connectivity index (χ1v) is 10.3. The van der Waals surface area contributed by atoms with Crippen molar-refractivity contribution in [2.75, 3.05) is 18.4 Å². The van der Waals surface area contributed by atoms with E-state index in [4.69, 9.17) is 4.74 Å². The van der Waals surface area contributed by atoms with Gasteiger partial charge in [-0.2, -0.15) is 0 Å². The van der Waals surface area contributed by atoms with E-state index in [0.29, 0.717) is 29.0 Å². The smallest absolute Gasteiger partial charge is 0.262 e. The van der Waals surface area contributed by atoms with E-state index >= 15 is 0 Å². The Balaban J connectivity index is 2.34. The highest BCUT2D eigenvalue weighted by molar-refractivity contribution is 7.92. The maximum Gasteiger partial charge on any atom is 0.262 e. The minimum absolute atomic E-state index is 0.155. The van der Waals surface area contributed by atoms with Crippen LogP contribution >= 0.6 is 0 Å². The highest BCUT2D eigenvalue weighted by Gasteiger charge is 2.21. The van der Waals surface area contributed by atoms with Gasteiger partial charge in [-0.15, -0.1) is 0 Å². The van der Waals surface area contributed by atoms with Crippen LogP contribution in [0.4, 0.5) is 5.69 Å². The van der Waals surface area contributed by atoms with E-state index in [2.05, 4.69) is 10.0 Å². The molecule has 2 N–H and O–H groups in total. The van der Waals surface area contributed by atoms with Gasteiger partial charge in [-0.05, 0) is 55.7 Å². The first kappa shape index (κ1) is 20.8. The number of sulfonamides is 1. The van der Waals surface area contributed by atoms with E-state index < -0.39 is 10.0 Å². The third-order valence-corrected chi connectivity index (χ3v) is 5.72. The van der Waals surface area contributed by atoms with Crippen molar-refractivity contribution in [3.63, 3.8) is 0 Å². The van der Waals surface area contributed by atoms with Crippen molar-refractivity contribution in [1.29, 1.82) is 0 Å². The first-order chi connectivity index (χ1) is 12.8. The molecule has 0 saturated carbocycles. The monoisotopic (exact) mass is 390 g/mol. The number of nitrogens with one attached hydrogen (secondary N) is 2. The van der Waals surface area contributed by atoms with Crippen molar-refractivity contribution < 1.29 is 17.9 Å². The van der Waals surface area contributed by atoms with Crippen molar-refractivity contribution >= 4 is 21.6 Å². The zero-order valence-electron chi connectivity index (χ0n) is 16.1. The average molecular weight is 391 g/mol. The molecule has 7 heteroatoms. The lowest BCUT2D eigenvalue weighted by molar-refractivity contribution is 0.0954. The molecule has 0 heterocycles. The fourth-order valence-corrected chi connectivity index (χ4v) is 4.11. The summed E-state index contributed by atoms with van der Waals surface area (Å²) in [6, 6.07) is 9.83. The van der Waals surface area contributed by atoms with Gasteiger partial charge < -0.3 is 10.1 Å². The van der Waals surface area contributed by atoms with Gasteiger partial charge in [0.15, 0.2) is 0 Å². The highest BCUT2D eigenvalue weighted by Crippen LogP contribution is 2.28. The lowest BCUT2D eigenvalue weighted by Gasteiger charge is -2.15. The summed E-state index contributed by atoms with van der Waals surface area (Å²) >= 11 is 0. The number of carbonyl (C=O) groups is 1. The van der Waals surface area contributed by atoms with Crippen LogP contribution in [0, 0.1) is 13.8 Å². The van der Waals surface area contributed by atoms with E-state index in [1.807, 2.05) is 6.92 Å². The van der Waals surface area contributed by atoms with Gasteiger partial charge in [0, 0.05) is 6.54 Å². The highest BCUT2D eigenvalue weighted by atomic mass is 32.2. The van der Waals surface area contributed by atoms with Crippen LogP contribution in [0.2, 0.25) is 0 Å². The predicted octanol–water partition coefficient (Wildman–Crippen LogP) is 3.64. The number of hydrogen-bond donors (Lipinski definition) is 2. The SMILES string of the molecule is CCCCNC(=O)c1ccccc1NS(=O)(=O)c1cc(C)c(OC)cc1C. The van der Waals surface area contributed by atoms with Crippen LogP contribution in [-0.4, -0.2) is 28.0 Å². The number of benzene rings is 2. The molecule has 146 valence electrons. The second-order valence-corrected chi connectivity index (χ2v) is 8.00. The lowest BCUT2D eigenvalue weighted by Crippen LogP contribution is -2.26. The minimum atomic E-state index is -3.86. The number of para-hydroxylation sites is 1. The second kappa shape index (κ2) is 8.90. The Morgan fingerprint density at radius 1 is 1.11 bits per heavy atom. The van der Waals surface area contributed by atoms with Crippen LogP contribution < -0.4 is 14.8 Å². The average Bonchev–Trinajstić information content (AvgIpc) is 2.63. The Kier molecular flexibility index (Phi) is 6.85. The van der Waals surface area contributed by atoms with Crippen molar-refractivity contribution in [3.05, 3.63) is 53.1 Å². The summed E-state index contributed by atoms with van der Waals surface area (Å²) in [4.78, 5) is 12.6. The van der Waals surface area contributed by atoms with E-state index in [1.54, 1.807) is 57.4 Å². The summed E-state index contributed by atoms with van der Waals surface area (Å²) in [5, 5.41) is 2.81. The van der Waals surface area contributed by atoms with E-state index in [9.17, 15) is 13.2 Å². The van der Waals surface area contributed by atoms with E-state index in [1.165, 1.54) is 0 Å². The van der Waals surface area contributed by atoms with Gasteiger partial charge in [-0.3, -0.25) is 9.52 Å². The number of amides is 1. The molecule has 6 nitrogen and oxygen atoms in total. The van der Waals surface area contributed by atoms with Gasteiger partial charge >= 0.3 is 0 Å². The quantitative estimate of drug-likeness (QED) is 0.674. The molecule has 0 aliphatic heterocycles. The predicted molar refractivity (Wildman–Crippen MR) is 107 cm³/mol. The molecule has 1 amide bonds. The van der Waals surface area contributed by atoms with Crippen molar-refractivity contribution in [1.82, 2.24) is 5.32 Å². The summed E-state index contributed by atoms with van der Waals surface area (Å²) in [7, 11) is -2.31. The maximum absolute atomic E-state index is 12.9. The first-order valence-electron chi connectivity index (χ1n) is 8.85. The molecule has 0 radical (unpaired) electrons. The zero-order chi connectivity index (χ0) is 20.0. The summed E-state index contributed by atoms with van der Waals surface area (Å²) in [6.45, 7) is 6.08. The molecule has 2 aromatic carbocycles. The third kappa shape index (κ3) is 5.01. The van der Waals surface area contributed by atoms with Crippen LogP contribution in [0.3, 0.4) is 0 Å². The number of ether oxygens (including phenoxy) is 1. The molecule has 0 saturated heterocycles. The Morgan fingerprint density at radius 3 is 2.48 bits per heavy atom. The minimum Gasteiger partial charge on any atom is -0.496 e. The maximum atomic E-state index is 12.9. The molecule has 0 bridgehead atoms. The zero-order valence-corrected chi connectivity index (χ0v) is 16.9. The molecular weight excluding hydrogens is 364 g/mol. The second-order valence-electron chi connectivity index (χ2n) is 6.35. The third-order valence-electron chi connectivity index (χ3n) is 4.21. The van der Waals surface area contributed by atoms with Gasteiger partial charge in [-0.25, -0.2) is 8.42 Å². The fraction of sp³-hybridized carbons (Fsp3) is 0.350. The van der Waals surface area contributed by atoms with Crippen molar-refractivity contribution in [2.45, 2.75) is 38.5 Å². The normalized spacial score (nSPS) is 11.1. The van der Waals surface area contributed by atoms with Gasteiger partial charge in [0.25, 0.3) is 15.9 Å². The largest absolute Gasteiger partial charge is 0.496 e. The molecule has 0 aromatic heterocycles. The van der Waals surface area contributed by atoms with Crippen LogP contribution in [0.25, 0.3) is 0 Å². The van der Waals surface area contributed by atoms with Crippen LogP contribution in [0.1, 0.15) is 41.3 Å². The number of anilines is 1. The molecule has 0 aliphatic rings. The van der Waals surface area contributed by atoms with Gasteiger partial charge in [0.1, 0.15) is 5.75 Å². The number of hydrogen-bond acceptors (Lipinski definition) is 4. The molecule has 0 atom stereocenters. The topological polar surface area (TPSA) is 84.5 Å². The molecule has 0 unspecified atom stereocenters. The lowest BCUT2D eigenvalue weighted by atomic mass is 10.1. The number of unbranched alkanes of at least 4 members (excludes halogenated alkanes) is 1.